The van der Waals surface area contributed by atoms with E-state index in [9.17, 15) is 0 Å². The lowest BCUT2D eigenvalue weighted by Crippen LogP contribution is -1.92. The largest absolute Gasteiger partial charge is 0.268 e. The van der Waals surface area contributed by atoms with Gasteiger partial charge in [-0.15, -0.1) is 0 Å². The number of rotatable bonds is 0. The molecule has 1 aromatic heterocycles. The van der Waals surface area contributed by atoms with E-state index < -0.39 is 0 Å². The van der Waals surface area contributed by atoms with Crippen LogP contribution < -0.4 is 0 Å². The molecule has 0 saturated carbocycles. The average molecular weight is 140 g/mol. The highest BCUT2D eigenvalue weighted by molar-refractivity contribution is 7.80. The van der Waals surface area contributed by atoms with Crippen LogP contribution in [0.1, 0.15) is 17.4 Å². The normalized spacial score (nSPS) is 24.3. The molecule has 0 radical (unpaired) electrons. The molecule has 1 aliphatic heterocycles. The van der Waals surface area contributed by atoms with Crippen molar-refractivity contribution in [3.63, 3.8) is 0 Å². The molecular formula is C6H8N2S. The molecule has 1 atom stereocenters. The lowest BCUT2D eigenvalue weighted by molar-refractivity contribution is 0.656. The molecule has 0 aliphatic carbocycles. The second kappa shape index (κ2) is 1.77. The molecule has 48 valence electrons. The minimum Gasteiger partial charge on any atom is -0.268 e. The summed E-state index contributed by atoms with van der Waals surface area (Å²) in [6, 6.07) is 2.03. The fourth-order valence-electron chi connectivity index (χ4n) is 1.21. The average Bonchev–Trinajstić information content (AvgIpc) is 2.35. The zero-order chi connectivity index (χ0) is 6.27. The maximum atomic E-state index is 4.38. The molecule has 2 nitrogen and oxygen atoms in total. The predicted molar refractivity (Wildman–Crippen MR) is 38.6 cm³/mol. The van der Waals surface area contributed by atoms with Crippen LogP contribution >= 0.6 is 12.6 Å². The van der Waals surface area contributed by atoms with Gasteiger partial charge in [-0.25, -0.2) is 0 Å². The van der Waals surface area contributed by atoms with Crippen LogP contribution in [-0.2, 0) is 6.54 Å². The van der Waals surface area contributed by atoms with Crippen molar-refractivity contribution in [2.24, 2.45) is 0 Å². The highest BCUT2D eigenvalue weighted by atomic mass is 32.1. The number of thiol groups is 1. The Kier molecular flexibility index (Phi) is 1.05. The molecule has 2 rings (SSSR count). The quantitative estimate of drug-likeness (QED) is 0.537. The van der Waals surface area contributed by atoms with Gasteiger partial charge in [0.25, 0.3) is 0 Å². The van der Waals surface area contributed by atoms with Crippen LogP contribution in [0.25, 0.3) is 0 Å². The number of hydrogen-bond donors (Lipinski definition) is 1. The van der Waals surface area contributed by atoms with Gasteiger partial charge in [-0.2, -0.15) is 17.7 Å². The molecule has 0 amide bonds. The molecule has 1 aliphatic rings. The maximum absolute atomic E-state index is 4.38. The van der Waals surface area contributed by atoms with Crippen molar-refractivity contribution < 1.29 is 0 Å². The summed E-state index contributed by atoms with van der Waals surface area (Å²) in [4.78, 5) is 0. The Labute approximate surface area is 59.3 Å². The standard InChI is InChI=1S/C6H8N2S/c9-6-2-4-8-5(6)1-3-7-8/h1,3,6,9H,2,4H2. The van der Waals surface area contributed by atoms with E-state index in [4.69, 9.17) is 0 Å². The van der Waals surface area contributed by atoms with E-state index in [1.54, 1.807) is 0 Å². The van der Waals surface area contributed by atoms with E-state index in [1.165, 1.54) is 5.69 Å². The molecule has 3 heteroatoms. The summed E-state index contributed by atoms with van der Waals surface area (Å²) in [5.41, 5.74) is 1.26. The Bertz CT molecular complexity index is 219. The molecule has 0 fully saturated rings. The summed E-state index contributed by atoms with van der Waals surface area (Å²) >= 11 is 4.38. The third kappa shape index (κ3) is 0.678. The summed E-state index contributed by atoms with van der Waals surface area (Å²) in [5.74, 6) is 0. The Morgan fingerprint density at radius 1 is 1.78 bits per heavy atom. The third-order valence-electron chi connectivity index (χ3n) is 1.71. The zero-order valence-corrected chi connectivity index (χ0v) is 5.88. The Hall–Kier alpha value is -0.440. The number of fused-ring (bicyclic) bond motifs is 1. The molecule has 0 saturated heterocycles. The predicted octanol–water partition coefficient (Wildman–Crippen LogP) is 1.26. The second-order valence-electron chi connectivity index (χ2n) is 2.28. The zero-order valence-electron chi connectivity index (χ0n) is 4.99. The van der Waals surface area contributed by atoms with Crippen LogP contribution in [0.4, 0.5) is 0 Å². The summed E-state index contributed by atoms with van der Waals surface area (Å²) in [6.07, 6.45) is 2.96. The van der Waals surface area contributed by atoms with Crippen LogP contribution in [0.15, 0.2) is 12.3 Å². The number of nitrogens with zero attached hydrogens (tertiary/aromatic N) is 2. The SMILES string of the molecule is SC1CCn2nccc21. The minimum atomic E-state index is 0.424. The fourth-order valence-corrected chi connectivity index (χ4v) is 1.54. The Morgan fingerprint density at radius 3 is 3.44 bits per heavy atom. The number of aromatic nitrogens is 2. The van der Waals surface area contributed by atoms with Crippen molar-refractivity contribution in [1.29, 1.82) is 0 Å². The first kappa shape index (κ1) is 5.35. The van der Waals surface area contributed by atoms with E-state index in [0.29, 0.717) is 5.25 Å². The first-order valence-corrected chi connectivity index (χ1v) is 3.59. The van der Waals surface area contributed by atoms with E-state index in [0.717, 1.165) is 13.0 Å². The lowest BCUT2D eigenvalue weighted by Gasteiger charge is -1.94. The molecule has 1 unspecified atom stereocenters. The van der Waals surface area contributed by atoms with E-state index in [2.05, 4.69) is 17.7 Å². The van der Waals surface area contributed by atoms with E-state index in [1.807, 2.05) is 16.9 Å². The van der Waals surface area contributed by atoms with Gasteiger partial charge in [-0.05, 0) is 12.5 Å². The fraction of sp³-hybridized carbons (Fsp3) is 0.500. The smallest absolute Gasteiger partial charge is 0.0512 e. The van der Waals surface area contributed by atoms with Crippen molar-refractivity contribution in [3.05, 3.63) is 18.0 Å². The van der Waals surface area contributed by atoms with Crippen LogP contribution in [0.5, 0.6) is 0 Å². The molecule has 9 heavy (non-hydrogen) atoms. The van der Waals surface area contributed by atoms with E-state index in [-0.39, 0.29) is 0 Å². The number of hydrogen-bond acceptors (Lipinski definition) is 2. The van der Waals surface area contributed by atoms with Gasteiger partial charge in [0.2, 0.25) is 0 Å². The summed E-state index contributed by atoms with van der Waals surface area (Å²) in [6.45, 7) is 1.04. The van der Waals surface area contributed by atoms with E-state index >= 15 is 0 Å². The van der Waals surface area contributed by atoms with Crippen molar-refractivity contribution >= 4 is 12.6 Å². The highest BCUT2D eigenvalue weighted by Crippen LogP contribution is 2.29. The highest BCUT2D eigenvalue weighted by Gasteiger charge is 2.18. The molecule has 0 N–H and O–H groups in total. The van der Waals surface area contributed by atoms with Gasteiger partial charge < -0.3 is 0 Å². The molecule has 0 aromatic carbocycles. The number of aryl methyl sites for hydroxylation is 1. The molecule has 0 bridgehead atoms. The van der Waals surface area contributed by atoms with Crippen LogP contribution in [0.3, 0.4) is 0 Å². The minimum absolute atomic E-state index is 0.424. The van der Waals surface area contributed by atoms with Gasteiger partial charge >= 0.3 is 0 Å². The van der Waals surface area contributed by atoms with Gasteiger partial charge in [-0.1, -0.05) is 0 Å². The monoisotopic (exact) mass is 140 g/mol. The molecule has 2 heterocycles. The first-order valence-electron chi connectivity index (χ1n) is 3.08. The Balaban J connectivity index is 2.49. The molecule has 1 aromatic rings. The van der Waals surface area contributed by atoms with Crippen molar-refractivity contribution in [1.82, 2.24) is 9.78 Å². The van der Waals surface area contributed by atoms with Crippen LogP contribution in [0, 0.1) is 0 Å². The lowest BCUT2D eigenvalue weighted by atomic mass is 10.3. The van der Waals surface area contributed by atoms with Gasteiger partial charge in [0.15, 0.2) is 0 Å². The molecule has 0 spiro atoms. The third-order valence-corrected chi connectivity index (χ3v) is 2.23. The first-order chi connectivity index (χ1) is 4.38. The molecular weight excluding hydrogens is 132 g/mol. The topological polar surface area (TPSA) is 17.8 Å². The summed E-state index contributed by atoms with van der Waals surface area (Å²) < 4.78 is 2.01. The van der Waals surface area contributed by atoms with Gasteiger partial charge in [0, 0.05) is 18.0 Å². The maximum Gasteiger partial charge on any atom is 0.0512 e. The van der Waals surface area contributed by atoms with Gasteiger partial charge in [-0.3, -0.25) is 4.68 Å². The van der Waals surface area contributed by atoms with Gasteiger partial charge in [0.1, 0.15) is 0 Å². The summed E-state index contributed by atoms with van der Waals surface area (Å²) in [5, 5.41) is 4.54. The van der Waals surface area contributed by atoms with Crippen molar-refractivity contribution in [2.45, 2.75) is 18.2 Å². The Morgan fingerprint density at radius 2 is 2.67 bits per heavy atom. The summed E-state index contributed by atoms with van der Waals surface area (Å²) in [7, 11) is 0. The van der Waals surface area contributed by atoms with Crippen molar-refractivity contribution in [3.8, 4) is 0 Å². The van der Waals surface area contributed by atoms with Crippen LogP contribution in [0.2, 0.25) is 0 Å². The van der Waals surface area contributed by atoms with Gasteiger partial charge in [0.05, 0.1) is 5.69 Å². The van der Waals surface area contributed by atoms with Crippen molar-refractivity contribution in [2.75, 3.05) is 0 Å². The van der Waals surface area contributed by atoms with Crippen LogP contribution in [-0.4, -0.2) is 9.78 Å². The second-order valence-corrected chi connectivity index (χ2v) is 2.91.